The summed E-state index contributed by atoms with van der Waals surface area (Å²) >= 11 is 0. The lowest BCUT2D eigenvalue weighted by atomic mass is 9.86. The van der Waals surface area contributed by atoms with Gasteiger partial charge in [-0.25, -0.2) is 14.8 Å². The zero-order valence-electron chi connectivity index (χ0n) is 17.5. The van der Waals surface area contributed by atoms with Crippen LogP contribution in [0.3, 0.4) is 0 Å². The maximum absolute atomic E-state index is 13.2. The van der Waals surface area contributed by atoms with Crippen molar-refractivity contribution in [1.82, 2.24) is 10.2 Å². The number of esters is 1. The molecule has 4 rings (SSSR count). The molecule has 1 fully saturated rings. The SMILES string of the molecule is Cc1cc(C(=O)O[C@H]2[C@H](C)N3C(N)=N[C@@H](CO)[C@@H]4N=C(N)N[C@@]43C2(O)O)cc(C(F)(F)F)c1. The number of benzene rings is 1. The first-order valence-electron chi connectivity index (χ1n) is 9.93. The highest BCUT2D eigenvalue weighted by atomic mass is 19.4. The van der Waals surface area contributed by atoms with Crippen LogP contribution in [0, 0.1) is 6.92 Å². The van der Waals surface area contributed by atoms with Crippen LogP contribution in [0.5, 0.6) is 0 Å². The molecule has 0 aromatic heterocycles. The molecule has 3 aliphatic heterocycles. The second-order valence-electron chi connectivity index (χ2n) is 8.34. The van der Waals surface area contributed by atoms with Gasteiger partial charge in [0.1, 0.15) is 12.1 Å². The Labute approximate surface area is 185 Å². The topological polar surface area (TPSA) is 179 Å². The van der Waals surface area contributed by atoms with Gasteiger partial charge in [-0.2, -0.15) is 13.2 Å². The van der Waals surface area contributed by atoms with E-state index in [1.54, 1.807) is 0 Å². The minimum atomic E-state index is -4.70. The summed E-state index contributed by atoms with van der Waals surface area (Å²) in [4.78, 5) is 22.3. The smallest absolute Gasteiger partial charge is 0.416 e. The van der Waals surface area contributed by atoms with E-state index in [-0.39, 0.29) is 17.5 Å². The Bertz CT molecular complexity index is 1060. The lowest BCUT2D eigenvalue weighted by molar-refractivity contribution is -0.257. The number of carbonyl (C=O) groups excluding carboxylic acids is 1. The largest absolute Gasteiger partial charge is 0.451 e. The molecule has 1 aromatic rings. The first-order chi connectivity index (χ1) is 15.2. The van der Waals surface area contributed by atoms with Gasteiger partial charge in [0.15, 0.2) is 23.7 Å². The molecule has 0 bridgehead atoms. The van der Waals surface area contributed by atoms with Crippen LogP contribution in [-0.2, 0) is 10.9 Å². The van der Waals surface area contributed by atoms with Crippen LogP contribution in [0.1, 0.15) is 28.4 Å². The third-order valence-electron chi connectivity index (χ3n) is 6.18. The van der Waals surface area contributed by atoms with Gasteiger partial charge in [0.25, 0.3) is 0 Å². The van der Waals surface area contributed by atoms with Gasteiger partial charge in [-0.3, -0.25) is 0 Å². The molecule has 0 unspecified atom stereocenters. The van der Waals surface area contributed by atoms with Crippen LogP contribution in [0.4, 0.5) is 13.2 Å². The zero-order chi connectivity index (χ0) is 24.5. The van der Waals surface area contributed by atoms with Gasteiger partial charge in [-0.15, -0.1) is 0 Å². The summed E-state index contributed by atoms with van der Waals surface area (Å²) in [6.07, 6.45) is -6.40. The summed E-state index contributed by atoms with van der Waals surface area (Å²) in [6, 6.07) is -0.444. The van der Waals surface area contributed by atoms with Gasteiger partial charge in [-0.1, -0.05) is 0 Å². The van der Waals surface area contributed by atoms with E-state index in [0.29, 0.717) is 6.07 Å². The van der Waals surface area contributed by atoms with Gasteiger partial charge < -0.3 is 41.7 Å². The number of guanidine groups is 2. The fraction of sp³-hybridized carbons (Fsp3) is 0.526. The number of alkyl halides is 3. The van der Waals surface area contributed by atoms with Gasteiger partial charge in [0.2, 0.25) is 5.79 Å². The predicted octanol–water partition coefficient (Wildman–Crippen LogP) is -1.40. The van der Waals surface area contributed by atoms with E-state index in [1.807, 2.05) is 0 Å². The molecule has 1 spiro atoms. The Morgan fingerprint density at radius 1 is 1.27 bits per heavy atom. The molecular weight excluding hydrogens is 449 g/mol. The monoisotopic (exact) mass is 472 g/mol. The van der Waals surface area contributed by atoms with E-state index in [9.17, 15) is 33.3 Å². The van der Waals surface area contributed by atoms with Crippen molar-refractivity contribution < 1.29 is 38.0 Å². The van der Waals surface area contributed by atoms with Gasteiger partial charge in [0.05, 0.1) is 23.8 Å². The van der Waals surface area contributed by atoms with Crippen LogP contribution < -0.4 is 16.8 Å². The van der Waals surface area contributed by atoms with Crippen molar-refractivity contribution in [2.24, 2.45) is 21.5 Å². The third-order valence-corrected chi connectivity index (χ3v) is 6.18. The number of hydrogen-bond donors (Lipinski definition) is 6. The maximum Gasteiger partial charge on any atom is 0.416 e. The molecule has 1 saturated heterocycles. The average molecular weight is 472 g/mol. The number of aryl methyl sites for hydroxylation is 1. The Kier molecular flexibility index (Phi) is 5.03. The number of hydrogen-bond acceptors (Lipinski definition) is 11. The molecule has 14 heteroatoms. The number of carbonyl (C=O) groups is 1. The van der Waals surface area contributed by atoms with E-state index < -0.39 is 65.6 Å². The second-order valence-corrected chi connectivity index (χ2v) is 8.34. The van der Waals surface area contributed by atoms with Crippen molar-refractivity contribution in [3.63, 3.8) is 0 Å². The predicted molar refractivity (Wildman–Crippen MR) is 108 cm³/mol. The molecule has 11 nitrogen and oxygen atoms in total. The Morgan fingerprint density at radius 2 is 1.94 bits per heavy atom. The zero-order valence-corrected chi connectivity index (χ0v) is 17.5. The Morgan fingerprint density at radius 3 is 2.55 bits per heavy atom. The number of aliphatic imine (C=N–C) groups is 2. The fourth-order valence-corrected chi connectivity index (χ4v) is 4.87. The van der Waals surface area contributed by atoms with E-state index in [0.717, 1.165) is 6.07 Å². The molecule has 33 heavy (non-hydrogen) atoms. The lowest BCUT2D eigenvalue weighted by Gasteiger charge is -2.48. The highest BCUT2D eigenvalue weighted by molar-refractivity contribution is 5.91. The van der Waals surface area contributed by atoms with Gasteiger partial charge in [-0.05, 0) is 37.6 Å². The molecule has 0 amide bonds. The number of halogens is 3. The molecule has 1 aromatic carbocycles. The minimum Gasteiger partial charge on any atom is -0.451 e. The van der Waals surface area contributed by atoms with Crippen LogP contribution >= 0.6 is 0 Å². The standard InChI is InChI=1S/C19H23F3N6O5/c1-7-3-9(5-10(4-7)19(20,21)22)14(30)33-13-8(2)28-16(24)25-11(6-29)12-17(28,18(13,31)32)27-15(23)26-12/h3-5,8,11-13,29,31-32H,6H2,1-2H3,(H2,24,25)(H3,23,26,27)/t8-,11-,12-,13-,17-/m0/s1. The lowest BCUT2D eigenvalue weighted by Crippen LogP contribution is -2.77. The van der Waals surface area contributed by atoms with Crippen LogP contribution in [0.15, 0.2) is 28.2 Å². The van der Waals surface area contributed by atoms with Crippen molar-refractivity contribution >= 4 is 17.9 Å². The molecule has 5 atom stereocenters. The molecule has 180 valence electrons. The third kappa shape index (κ3) is 3.20. The van der Waals surface area contributed by atoms with E-state index >= 15 is 0 Å². The van der Waals surface area contributed by atoms with E-state index in [2.05, 4.69) is 15.3 Å². The molecule has 0 aliphatic carbocycles. The summed E-state index contributed by atoms with van der Waals surface area (Å²) in [5.41, 5.74) is 8.57. The van der Waals surface area contributed by atoms with Crippen molar-refractivity contribution in [3.05, 3.63) is 34.9 Å². The minimum absolute atomic E-state index is 0.160. The highest BCUT2D eigenvalue weighted by Crippen LogP contribution is 2.48. The number of rotatable bonds is 3. The number of nitrogens with two attached hydrogens (primary N) is 2. The van der Waals surface area contributed by atoms with Crippen molar-refractivity contribution in [3.8, 4) is 0 Å². The van der Waals surface area contributed by atoms with Gasteiger partial charge >= 0.3 is 12.1 Å². The summed E-state index contributed by atoms with van der Waals surface area (Å²) < 4.78 is 44.9. The first-order valence-corrected chi connectivity index (χ1v) is 9.93. The molecular formula is C19H23F3N6O5. The normalized spacial score (nSPS) is 32.4. The van der Waals surface area contributed by atoms with Crippen LogP contribution in [0.25, 0.3) is 0 Å². The molecule has 0 radical (unpaired) electrons. The number of aliphatic hydroxyl groups excluding tert-OH is 1. The number of ether oxygens (including phenoxy) is 1. The molecule has 0 saturated carbocycles. The quantitative estimate of drug-likeness (QED) is 0.228. The maximum atomic E-state index is 13.2. The van der Waals surface area contributed by atoms with Gasteiger partial charge in [0, 0.05) is 0 Å². The molecule has 3 aliphatic rings. The Hall–Kier alpha value is -3.10. The summed E-state index contributed by atoms with van der Waals surface area (Å²) in [5.74, 6) is -4.48. The fourth-order valence-electron chi connectivity index (χ4n) is 4.87. The Balaban J connectivity index is 1.72. The highest BCUT2D eigenvalue weighted by Gasteiger charge is 2.76. The average Bonchev–Trinajstić information content (AvgIpc) is 3.14. The summed E-state index contributed by atoms with van der Waals surface area (Å²) in [5, 5.41) is 34.9. The summed E-state index contributed by atoms with van der Waals surface area (Å²) in [7, 11) is 0. The van der Waals surface area contributed by atoms with Crippen molar-refractivity contribution in [2.75, 3.05) is 6.61 Å². The first kappa shape index (κ1) is 23.1. The van der Waals surface area contributed by atoms with E-state index in [1.165, 1.54) is 24.8 Å². The molecule has 3 heterocycles. The van der Waals surface area contributed by atoms with Crippen LogP contribution in [-0.4, -0.2) is 80.4 Å². The van der Waals surface area contributed by atoms with E-state index in [4.69, 9.17) is 16.2 Å². The van der Waals surface area contributed by atoms with Crippen molar-refractivity contribution in [2.45, 2.75) is 55.7 Å². The van der Waals surface area contributed by atoms with Crippen LogP contribution in [0.2, 0.25) is 0 Å². The molecule has 8 N–H and O–H groups in total. The number of nitrogens with one attached hydrogen (secondary N) is 1. The number of aliphatic hydroxyl groups is 3. The second kappa shape index (κ2) is 7.20. The summed E-state index contributed by atoms with van der Waals surface area (Å²) in [6.45, 7) is 2.29. The van der Waals surface area contributed by atoms with Crippen molar-refractivity contribution in [1.29, 1.82) is 0 Å². The number of nitrogens with zero attached hydrogens (tertiary/aromatic N) is 3.